The van der Waals surface area contributed by atoms with E-state index in [1.165, 1.54) is 23.5 Å². The predicted octanol–water partition coefficient (Wildman–Crippen LogP) is 3.68. The normalized spacial score (nSPS) is 18.4. The van der Waals surface area contributed by atoms with Crippen LogP contribution in [0.5, 0.6) is 5.75 Å². The van der Waals surface area contributed by atoms with Gasteiger partial charge in [0.1, 0.15) is 23.8 Å². The Bertz CT molecular complexity index is 1720. The van der Waals surface area contributed by atoms with Gasteiger partial charge in [-0.15, -0.1) is 0 Å². The third-order valence-electron chi connectivity index (χ3n) is 8.15. The van der Waals surface area contributed by atoms with E-state index < -0.39 is 18.2 Å². The van der Waals surface area contributed by atoms with Gasteiger partial charge in [0.15, 0.2) is 5.13 Å². The lowest BCUT2D eigenvalue weighted by molar-refractivity contribution is -0.157. The van der Waals surface area contributed by atoms with Crippen LogP contribution >= 0.6 is 11.3 Å². The number of carbonyl (C=O) groups excluding carboxylic acids is 3. The van der Waals surface area contributed by atoms with Crippen molar-refractivity contribution < 1.29 is 23.9 Å². The summed E-state index contributed by atoms with van der Waals surface area (Å²) in [6.07, 6.45) is 0.276. The van der Waals surface area contributed by atoms with Crippen molar-refractivity contribution in [3.05, 3.63) is 89.2 Å². The van der Waals surface area contributed by atoms with Gasteiger partial charge < -0.3 is 26.0 Å². The number of benzene rings is 3. The van der Waals surface area contributed by atoms with Crippen LogP contribution in [0.4, 0.5) is 14.3 Å². The van der Waals surface area contributed by atoms with Crippen LogP contribution in [-0.4, -0.2) is 79.6 Å². The smallest absolute Gasteiger partial charge is 0.332 e. The van der Waals surface area contributed by atoms with Gasteiger partial charge in [-0.1, -0.05) is 54.7 Å². The van der Waals surface area contributed by atoms with Crippen LogP contribution in [0.15, 0.2) is 66.7 Å². The van der Waals surface area contributed by atoms with Gasteiger partial charge in [0.25, 0.3) is 0 Å². The second-order valence-corrected chi connectivity index (χ2v) is 12.3. The van der Waals surface area contributed by atoms with Crippen molar-refractivity contribution in [2.24, 2.45) is 0 Å². The first kappa shape index (κ1) is 30.3. The summed E-state index contributed by atoms with van der Waals surface area (Å²) < 4.78 is 14.3. The first-order valence-corrected chi connectivity index (χ1v) is 15.6. The van der Waals surface area contributed by atoms with Crippen LogP contribution in [0.1, 0.15) is 30.0 Å². The van der Waals surface area contributed by atoms with Crippen molar-refractivity contribution in [2.45, 2.75) is 45.1 Å². The summed E-state index contributed by atoms with van der Waals surface area (Å²) in [7, 11) is 0. The fourth-order valence-corrected chi connectivity index (χ4v) is 6.81. The highest BCUT2D eigenvalue weighted by Crippen LogP contribution is 2.32. The number of nitrogens with one attached hydrogen (secondary N) is 1. The molecule has 4 amide bonds. The van der Waals surface area contributed by atoms with E-state index in [2.05, 4.69) is 10.3 Å². The lowest BCUT2D eigenvalue weighted by atomic mass is 9.99. The number of carbonyl (C=O) groups is 3. The Morgan fingerprint density at radius 1 is 1.11 bits per heavy atom. The number of amides is 4. The van der Waals surface area contributed by atoms with Crippen molar-refractivity contribution in [1.29, 1.82) is 0 Å². The maximum Gasteiger partial charge on any atom is 0.332 e. The number of piperazine rings is 1. The average Bonchev–Trinajstić information content (AvgIpc) is 3.57. The molecule has 0 unspecified atom stereocenters. The molecule has 234 valence electrons. The maximum atomic E-state index is 14.2. The van der Waals surface area contributed by atoms with Gasteiger partial charge in [-0.05, 0) is 53.4 Å². The number of nitrogens with zero attached hydrogens (tertiary/aromatic N) is 5. The lowest BCUT2D eigenvalue weighted by Crippen LogP contribution is -2.66. The van der Waals surface area contributed by atoms with Crippen molar-refractivity contribution in [2.75, 3.05) is 25.4 Å². The van der Waals surface area contributed by atoms with E-state index in [0.29, 0.717) is 18.1 Å². The summed E-state index contributed by atoms with van der Waals surface area (Å²) in [6, 6.07) is 17.0. The van der Waals surface area contributed by atoms with Gasteiger partial charge in [0.2, 0.25) is 11.8 Å². The molecule has 2 atom stereocenters. The first-order valence-electron chi connectivity index (χ1n) is 14.8. The molecule has 0 radical (unpaired) electrons. The quantitative estimate of drug-likeness (QED) is 0.257. The van der Waals surface area contributed by atoms with E-state index in [1.807, 2.05) is 25.1 Å². The largest absolute Gasteiger partial charge is 0.508 e. The van der Waals surface area contributed by atoms with Gasteiger partial charge >= 0.3 is 6.03 Å². The topological polar surface area (TPSA) is 135 Å². The molecule has 2 aliphatic heterocycles. The Labute approximate surface area is 263 Å². The number of fused-ring (bicyclic) bond motifs is 2. The van der Waals surface area contributed by atoms with E-state index >= 15 is 0 Å². The first-order chi connectivity index (χ1) is 21.7. The van der Waals surface area contributed by atoms with Gasteiger partial charge in [-0.2, -0.15) is 5.01 Å². The minimum Gasteiger partial charge on any atom is -0.508 e. The van der Waals surface area contributed by atoms with E-state index in [4.69, 9.17) is 5.73 Å². The van der Waals surface area contributed by atoms with Crippen LogP contribution in [0.3, 0.4) is 0 Å². The molecule has 4 N–H and O–H groups in total. The second-order valence-electron chi connectivity index (χ2n) is 11.2. The molecule has 13 heteroatoms. The molecule has 3 heterocycles. The van der Waals surface area contributed by atoms with Crippen molar-refractivity contribution in [1.82, 2.24) is 30.1 Å². The summed E-state index contributed by atoms with van der Waals surface area (Å²) in [5, 5.41) is 16.4. The average molecular weight is 632 g/mol. The number of para-hydroxylation sites is 1. The highest BCUT2D eigenvalue weighted by atomic mass is 32.1. The molecule has 0 spiro atoms. The Morgan fingerprint density at radius 3 is 2.58 bits per heavy atom. The van der Waals surface area contributed by atoms with Crippen molar-refractivity contribution >= 4 is 44.5 Å². The van der Waals surface area contributed by atoms with Crippen molar-refractivity contribution in [3.8, 4) is 5.75 Å². The molecule has 0 bridgehead atoms. The Hall–Kier alpha value is -4.75. The highest BCUT2D eigenvalue weighted by molar-refractivity contribution is 7.22. The predicted molar refractivity (Wildman–Crippen MR) is 168 cm³/mol. The zero-order valence-corrected chi connectivity index (χ0v) is 25.5. The SMILES string of the molecule is CCCN(C(=O)NCc1ccc(F)cc1)N1CC(=O)N2[C@@H](Cc3ccc(O)cc3)C(=O)N(Cc3cccc4sc(N)nc34)C[C@@H]21. The van der Waals surface area contributed by atoms with E-state index in [0.717, 1.165) is 26.9 Å². The molecule has 4 aromatic rings. The summed E-state index contributed by atoms with van der Waals surface area (Å²) in [5.41, 5.74) is 9.09. The number of nitrogen functional groups attached to an aromatic ring is 1. The third-order valence-corrected chi connectivity index (χ3v) is 9.00. The number of hydrogen-bond donors (Lipinski definition) is 3. The fourth-order valence-electron chi connectivity index (χ4n) is 6.03. The fraction of sp³-hybridized carbons (Fsp3) is 0.312. The van der Waals surface area contributed by atoms with Gasteiger partial charge in [0, 0.05) is 26.1 Å². The molecule has 0 saturated carbocycles. The molecule has 0 aliphatic carbocycles. The van der Waals surface area contributed by atoms with Crippen LogP contribution in [0, 0.1) is 5.82 Å². The number of nitrogens with two attached hydrogens (primary N) is 1. The zero-order chi connectivity index (χ0) is 31.7. The number of hydrazine groups is 1. The van der Waals surface area contributed by atoms with Crippen LogP contribution in [-0.2, 0) is 29.1 Å². The van der Waals surface area contributed by atoms with Gasteiger partial charge in [-0.3, -0.25) is 14.6 Å². The molecule has 6 rings (SSSR count). The monoisotopic (exact) mass is 631 g/mol. The molecule has 45 heavy (non-hydrogen) atoms. The summed E-state index contributed by atoms with van der Waals surface area (Å²) in [6.45, 7) is 2.84. The molecular formula is C32H34FN7O4S. The maximum absolute atomic E-state index is 14.2. The number of rotatable bonds is 9. The summed E-state index contributed by atoms with van der Waals surface area (Å²) in [5.74, 6) is -0.716. The minimum absolute atomic E-state index is 0.0694. The summed E-state index contributed by atoms with van der Waals surface area (Å²) >= 11 is 1.38. The van der Waals surface area contributed by atoms with Gasteiger partial charge in [0.05, 0.1) is 23.3 Å². The van der Waals surface area contributed by atoms with E-state index in [1.54, 1.807) is 56.2 Å². The number of phenols is 1. The standard InChI is InChI=1S/C32H34FN7O4S/c1-2-14-38(32(44)35-16-21-6-10-23(33)11-7-21)39-19-28(42)40-25(15-20-8-12-24(41)13-9-20)30(43)37(18-27(39)40)17-22-4-3-5-26-29(22)36-31(34)45-26/h3-13,25,27,41H,2,14-19H2,1H3,(H2,34,36)(H,35,44)/t25-,27+/m0/s1. The van der Waals surface area contributed by atoms with Crippen LogP contribution < -0.4 is 11.1 Å². The Kier molecular flexibility index (Phi) is 8.55. The van der Waals surface area contributed by atoms with Crippen LogP contribution in [0.25, 0.3) is 10.2 Å². The molecule has 3 aromatic carbocycles. The Balaban J connectivity index is 1.30. The second kappa shape index (κ2) is 12.7. The Morgan fingerprint density at radius 2 is 1.84 bits per heavy atom. The van der Waals surface area contributed by atoms with Gasteiger partial charge in [-0.25, -0.2) is 14.2 Å². The van der Waals surface area contributed by atoms with Crippen LogP contribution in [0.2, 0.25) is 0 Å². The number of phenolic OH excluding ortho intramolecular Hbond substituents is 1. The van der Waals surface area contributed by atoms with E-state index in [9.17, 15) is 23.9 Å². The highest BCUT2D eigenvalue weighted by Gasteiger charge is 2.52. The zero-order valence-electron chi connectivity index (χ0n) is 24.7. The molecule has 1 aromatic heterocycles. The molecule has 11 nitrogen and oxygen atoms in total. The number of aromatic hydroxyl groups is 1. The minimum atomic E-state index is -0.823. The number of aromatic nitrogens is 1. The number of hydrogen-bond acceptors (Lipinski definition) is 8. The molecular weight excluding hydrogens is 597 g/mol. The molecule has 2 aliphatic rings. The van der Waals surface area contributed by atoms with Crippen molar-refractivity contribution in [3.63, 3.8) is 0 Å². The summed E-state index contributed by atoms with van der Waals surface area (Å²) in [4.78, 5) is 49.2. The lowest BCUT2D eigenvalue weighted by Gasteiger charge is -2.46. The third kappa shape index (κ3) is 6.26. The molecule has 2 fully saturated rings. The molecule has 2 saturated heterocycles. The number of anilines is 1. The number of urea groups is 1. The number of halogens is 1. The number of thiazole rings is 1. The van der Waals surface area contributed by atoms with E-state index in [-0.39, 0.29) is 56.0 Å².